The van der Waals surface area contributed by atoms with Crippen molar-refractivity contribution in [3.05, 3.63) is 102 Å². The number of benzene rings is 3. The van der Waals surface area contributed by atoms with E-state index in [0.717, 1.165) is 16.8 Å². The van der Waals surface area contributed by atoms with Crippen molar-refractivity contribution in [2.24, 2.45) is 0 Å². The standard InChI is InChI=1S/C25H22N2O/c26-17-9-16-23-24(20-12-5-2-6-13-20)25(28)21-14-7-8-15-22(21)27(23)18-19-10-3-1-4-11-19/h1-8,10-15,23-24H,9,16,18H2/t23-,24-/m0/s1. The van der Waals surface area contributed by atoms with Crippen LogP contribution in [0.25, 0.3) is 0 Å². The number of hydrogen-bond donors (Lipinski definition) is 0. The average Bonchev–Trinajstić information content (AvgIpc) is 2.76. The molecule has 1 aliphatic heterocycles. The maximum Gasteiger partial charge on any atom is 0.174 e. The van der Waals surface area contributed by atoms with E-state index in [1.165, 1.54) is 5.56 Å². The van der Waals surface area contributed by atoms with E-state index in [4.69, 9.17) is 0 Å². The van der Waals surface area contributed by atoms with Crippen molar-refractivity contribution >= 4 is 11.5 Å². The summed E-state index contributed by atoms with van der Waals surface area (Å²) in [6.45, 7) is 0.713. The molecule has 0 fully saturated rings. The third-order valence-corrected chi connectivity index (χ3v) is 5.45. The lowest BCUT2D eigenvalue weighted by Crippen LogP contribution is -2.46. The molecule has 0 amide bonds. The molecule has 0 radical (unpaired) electrons. The van der Waals surface area contributed by atoms with Crippen LogP contribution >= 0.6 is 0 Å². The van der Waals surface area contributed by atoms with Gasteiger partial charge in [-0.25, -0.2) is 0 Å². The molecule has 3 aromatic carbocycles. The van der Waals surface area contributed by atoms with E-state index in [2.05, 4.69) is 23.1 Å². The molecule has 2 atom stereocenters. The summed E-state index contributed by atoms with van der Waals surface area (Å²) in [7, 11) is 0. The number of carbonyl (C=O) groups excluding carboxylic acids is 1. The minimum atomic E-state index is -0.270. The third-order valence-electron chi connectivity index (χ3n) is 5.45. The van der Waals surface area contributed by atoms with Crippen LogP contribution in [0.2, 0.25) is 0 Å². The summed E-state index contributed by atoms with van der Waals surface area (Å²) in [5, 5.41) is 9.24. The van der Waals surface area contributed by atoms with Crippen LogP contribution in [0.1, 0.15) is 40.2 Å². The van der Waals surface area contributed by atoms with Gasteiger partial charge in [0.1, 0.15) is 0 Å². The first kappa shape index (κ1) is 18.0. The number of hydrogen-bond acceptors (Lipinski definition) is 3. The second-order valence-corrected chi connectivity index (χ2v) is 7.15. The summed E-state index contributed by atoms with van der Waals surface area (Å²) >= 11 is 0. The lowest BCUT2D eigenvalue weighted by molar-refractivity contribution is 0.0934. The van der Waals surface area contributed by atoms with E-state index in [0.29, 0.717) is 19.4 Å². The van der Waals surface area contributed by atoms with Gasteiger partial charge in [-0.15, -0.1) is 0 Å². The molecule has 3 aromatic rings. The average molecular weight is 366 g/mol. The van der Waals surface area contributed by atoms with Gasteiger partial charge in [0.05, 0.1) is 12.0 Å². The monoisotopic (exact) mass is 366 g/mol. The van der Waals surface area contributed by atoms with Gasteiger partial charge in [0.2, 0.25) is 0 Å². The minimum absolute atomic E-state index is 0.0512. The normalized spacial score (nSPS) is 18.4. The van der Waals surface area contributed by atoms with Gasteiger partial charge in [-0.1, -0.05) is 72.8 Å². The number of carbonyl (C=O) groups is 1. The van der Waals surface area contributed by atoms with Crippen LogP contribution in [-0.4, -0.2) is 11.8 Å². The number of nitriles is 1. The van der Waals surface area contributed by atoms with Crippen molar-refractivity contribution in [2.75, 3.05) is 4.90 Å². The van der Waals surface area contributed by atoms with Crippen molar-refractivity contribution in [3.8, 4) is 6.07 Å². The fraction of sp³-hybridized carbons (Fsp3) is 0.200. The van der Waals surface area contributed by atoms with Crippen molar-refractivity contribution in [3.63, 3.8) is 0 Å². The zero-order chi connectivity index (χ0) is 19.3. The van der Waals surface area contributed by atoms with E-state index in [1.807, 2.05) is 72.8 Å². The molecule has 1 heterocycles. The Morgan fingerprint density at radius 1 is 0.857 bits per heavy atom. The Kier molecular flexibility index (Phi) is 5.21. The van der Waals surface area contributed by atoms with Crippen LogP contribution in [0.4, 0.5) is 5.69 Å². The molecule has 3 heteroatoms. The molecule has 4 rings (SSSR count). The summed E-state index contributed by atoms with van der Waals surface area (Å²) in [6.07, 6.45) is 1.08. The fourth-order valence-corrected chi connectivity index (χ4v) is 4.18. The number of ketones is 1. The first-order valence-corrected chi connectivity index (χ1v) is 9.65. The fourth-order valence-electron chi connectivity index (χ4n) is 4.18. The van der Waals surface area contributed by atoms with E-state index < -0.39 is 0 Å². The molecule has 3 nitrogen and oxygen atoms in total. The van der Waals surface area contributed by atoms with Crippen molar-refractivity contribution < 1.29 is 4.79 Å². The van der Waals surface area contributed by atoms with Crippen LogP contribution < -0.4 is 4.90 Å². The zero-order valence-corrected chi connectivity index (χ0v) is 15.7. The Morgan fingerprint density at radius 3 is 2.21 bits per heavy atom. The van der Waals surface area contributed by atoms with E-state index in [-0.39, 0.29) is 17.7 Å². The van der Waals surface area contributed by atoms with Crippen LogP contribution in [0.3, 0.4) is 0 Å². The summed E-state index contributed by atoms with van der Waals surface area (Å²) in [4.78, 5) is 15.8. The van der Waals surface area contributed by atoms with Crippen molar-refractivity contribution in [2.45, 2.75) is 31.3 Å². The smallest absolute Gasteiger partial charge is 0.174 e. The van der Waals surface area contributed by atoms with Gasteiger partial charge in [0, 0.05) is 30.3 Å². The number of para-hydroxylation sites is 1. The highest BCUT2D eigenvalue weighted by atomic mass is 16.1. The Bertz CT molecular complexity index is 992. The molecule has 0 bridgehead atoms. The molecule has 0 unspecified atom stereocenters. The van der Waals surface area contributed by atoms with Crippen LogP contribution in [0.5, 0.6) is 0 Å². The lowest BCUT2D eigenvalue weighted by Gasteiger charge is -2.43. The van der Waals surface area contributed by atoms with E-state index in [1.54, 1.807) is 0 Å². The quantitative estimate of drug-likeness (QED) is 0.612. The lowest BCUT2D eigenvalue weighted by atomic mass is 9.78. The predicted octanol–water partition coefficient (Wildman–Crippen LogP) is 5.35. The van der Waals surface area contributed by atoms with E-state index in [9.17, 15) is 10.1 Å². The molecule has 0 saturated carbocycles. The highest BCUT2D eigenvalue weighted by Gasteiger charge is 2.40. The molecule has 0 spiro atoms. The minimum Gasteiger partial charge on any atom is -0.363 e. The number of nitrogens with zero attached hydrogens (tertiary/aromatic N) is 2. The van der Waals surface area contributed by atoms with Gasteiger partial charge in [-0.3, -0.25) is 4.79 Å². The molecule has 1 aliphatic rings. The molecular formula is C25H22N2O. The predicted molar refractivity (Wildman–Crippen MR) is 111 cm³/mol. The Balaban J connectivity index is 1.83. The first-order chi connectivity index (χ1) is 13.8. The highest BCUT2D eigenvalue weighted by Crippen LogP contribution is 2.41. The maximum absolute atomic E-state index is 13.5. The van der Waals surface area contributed by atoms with Gasteiger partial charge in [-0.05, 0) is 29.7 Å². The number of rotatable bonds is 5. The second kappa shape index (κ2) is 8.10. The molecule has 0 aliphatic carbocycles. The maximum atomic E-state index is 13.5. The number of fused-ring (bicyclic) bond motifs is 1. The topological polar surface area (TPSA) is 44.1 Å². The van der Waals surface area contributed by atoms with Gasteiger partial charge in [0.25, 0.3) is 0 Å². The number of anilines is 1. The Morgan fingerprint density at radius 2 is 1.50 bits per heavy atom. The molecular weight excluding hydrogens is 344 g/mol. The number of Topliss-reactive ketones (excluding diaryl/α,β-unsaturated/α-hetero) is 1. The summed E-state index contributed by atoms with van der Waals surface area (Å²) in [5.74, 6) is -0.123. The summed E-state index contributed by atoms with van der Waals surface area (Å²) < 4.78 is 0. The zero-order valence-electron chi connectivity index (χ0n) is 15.7. The van der Waals surface area contributed by atoms with Gasteiger partial charge >= 0.3 is 0 Å². The van der Waals surface area contributed by atoms with Crippen LogP contribution in [0, 0.1) is 11.3 Å². The molecule has 0 N–H and O–H groups in total. The van der Waals surface area contributed by atoms with Gasteiger partial charge in [0.15, 0.2) is 5.78 Å². The third kappa shape index (κ3) is 3.42. The van der Waals surface area contributed by atoms with Crippen LogP contribution in [-0.2, 0) is 6.54 Å². The Hall–Kier alpha value is -3.38. The summed E-state index contributed by atoms with van der Waals surface area (Å²) in [5.41, 5.74) is 3.94. The second-order valence-electron chi connectivity index (χ2n) is 7.15. The van der Waals surface area contributed by atoms with Gasteiger partial charge in [-0.2, -0.15) is 5.26 Å². The van der Waals surface area contributed by atoms with Crippen molar-refractivity contribution in [1.82, 2.24) is 0 Å². The molecule has 138 valence electrons. The molecule has 0 saturated heterocycles. The highest BCUT2D eigenvalue weighted by molar-refractivity contribution is 6.08. The largest absolute Gasteiger partial charge is 0.363 e. The Labute approximate surface area is 165 Å². The van der Waals surface area contributed by atoms with Crippen molar-refractivity contribution in [1.29, 1.82) is 5.26 Å². The summed E-state index contributed by atoms with van der Waals surface area (Å²) in [6, 6.07) is 30.4. The first-order valence-electron chi connectivity index (χ1n) is 9.65. The molecule has 0 aromatic heterocycles. The molecule has 28 heavy (non-hydrogen) atoms. The van der Waals surface area contributed by atoms with E-state index >= 15 is 0 Å². The SMILES string of the molecule is N#CCC[C@H]1[C@H](c2ccccc2)C(=O)c2ccccc2N1Cc1ccccc1. The van der Waals surface area contributed by atoms with Crippen LogP contribution in [0.15, 0.2) is 84.9 Å². The van der Waals surface area contributed by atoms with Gasteiger partial charge < -0.3 is 4.90 Å².